The van der Waals surface area contributed by atoms with E-state index in [1.807, 2.05) is 19.1 Å². The maximum absolute atomic E-state index is 12.4. The monoisotopic (exact) mass is 438 g/mol. The van der Waals surface area contributed by atoms with Gasteiger partial charge in [-0.3, -0.25) is 4.79 Å². The second-order valence-electron chi connectivity index (χ2n) is 4.84. The van der Waals surface area contributed by atoms with Crippen LogP contribution in [0.3, 0.4) is 0 Å². The van der Waals surface area contributed by atoms with E-state index < -0.39 is 5.91 Å². The molecule has 0 radical (unpaired) electrons. The van der Waals surface area contributed by atoms with Crippen LogP contribution in [0.15, 0.2) is 46.4 Å². The average molecular weight is 440 g/mol. The van der Waals surface area contributed by atoms with Gasteiger partial charge in [-0.05, 0) is 43.3 Å². The maximum atomic E-state index is 12.4. The summed E-state index contributed by atoms with van der Waals surface area (Å²) >= 11 is 15.4. The van der Waals surface area contributed by atoms with Crippen molar-refractivity contribution in [2.75, 3.05) is 11.9 Å². The van der Waals surface area contributed by atoms with Crippen molar-refractivity contribution in [3.8, 4) is 11.8 Å². The van der Waals surface area contributed by atoms with Gasteiger partial charge in [-0.2, -0.15) is 5.26 Å². The van der Waals surface area contributed by atoms with Crippen LogP contribution in [0.2, 0.25) is 10.0 Å². The highest BCUT2D eigenvalue weighted by Crippen LogP contribution is 2.30. The van der Waals surface area contributed by atoms with Gasteiger partial charge in [0.15, 0.2) is 0 Å². The fraction of sp³-hybridized carbons (Fsp3) is 0.111. The molecule has 0 saturated carbocycles. The molecule has 1 amide bonds. The summed E-state index contributed by atoms with van der Waals surface area (Å²) in [4.78, 5) is 12.4. The first-order valence-electron chi connectivity index (χ1n) is 7.25. The fourth-order valence-electron chi connectivity index (χ4n) is 2.01. The van der Waals surface area contributed by atoms with Gasteiger partial charge in [0.1, 0.15) is 17.4 Å². The zero-order chi connectivity index (χ0) is 18.4. The van der Waals surface area contributed by atoms with Crippen LogP contribution in [0.25, 0.3) is 6.08 Å². The lowest BCUT2D eigenvalue weighted by atomic mass is 10.1. The number of hydrogen-bond donors (Lipinski definition) is 1. The van der Waals surface area contributed by atoms with E-state index in [9.17, 15) is 10.1 Å². The van der Waals surface area contributed by atoms with Crippen LogP contribution in [0, 0.1) is 11.3 Å². The van der Waals surface area contributed by atoms with Gasteiger partial charge in [0, 0.05) is 10.0 Å². The normalized spacial score (nSPS) is 10.9. The molecule has 128 valence electrons. The van der Waals surface area contributed by atoms with Crippen LogP contribution in [0.5, 0.6) is 5.75 Å². The van der Waals surface area contributed by atoms with Gasteiger partial charge in [0.2, 0.25) is 0 Å². The van der Waals surface area contributed by atoms with Crippen molar-refractivity contribution in [1.29, 1.82) is 5.26 Å². The quantitative estimate of drug-likeness (QED) is 0.480. The Kier molecular flexibility index (Phi) is 6.89. The molecule has 0 unspecified atom stereocenters. The molecule has 25 heavy (non-hydrogen) atoms. The highest BCUT2D eigenvalue weighted by molar-refractivity contribution is 9.10. The van der Waals surface area contributed by atoms with Crippen molar-refractivity contribution in [2.45, 2.75) is 6.92 Å². The van der Waals surface area contributed by atoms with Crippen LogP contribution in [-0.2, 0) is 4.79 Å². The standard InChI is InChI=1S/C18H13BrCl2N2O2/c1-2-25-16-7-6-13(19)9-11(16)8-12(10-22)18(24)23-15-5-3-4-14(20)17(15)21/h3-9H,2H2,1H3,(H,23,24)/b12-8+. The van der Waals surface area contributed by atoms with Gasteiger partial charge in [-0.25, -0.2) is 0 Å². The molecule has 0 aliphatic heterocycles. The number of carbonyl (C=O) groups excluding carboxylic acids is 1. The highest BCUT2D eigenvalue weighted by Gasteiger charge is 2.14. The smallest absolute Gasteiger partial charge is 0.266 e. The molecule has 7 heteroatoms. The molecule has 0 spiro atoms. The number of amides is 1. The summed E-state index contributed by atoms with van der Waals surface area (Å²) in [6.45, 7) is 2.32. The first-order valence-corrected chi connectivity index (χ1v) is 8.80. The Labute approximate surface area is 164 Å². The third-order valence-corrected chi connectivity index (χ3v) is 4.45. The number of nitriles is 1. The van der Waals surface area contributed by atoms with E-state index in [0.717, 1.165) is 4.47 Å². The van der Waals surface area contributed by atoms with Crippen molar-refractivity contribution in [3.05, 3.63) is 62.1 Å². The summed E-state index contributed by atoms with van der Waals surface area (Å²) in [5.74, 6) is -0.0128. The zero-order valence-electron chi connectivity index (χ0n) is 13.1. The van der Waals surface area contributed by atoms with Crippen molar-refractivity contribution in [2.24, 2.45) is 0 Å². The van der Waals surface area contributed by atoms with E-state index in [1.165, 1.54) is 6.08 Å². The molecule has 0 saturated heterocycles. The van der Waals surface area contributed by atoms with E-state index in [-0.39, 0.29) is 10.6 Å². The minimum Gasteiger partial charge on any atom is -0.493 e. The maximum Gasteiger partial charge on any atom is 0.266 e. The van der Waals surface area contributed by atoms with Crippen molar-refractivity contribution < 1.29 is 9.53 Å². The third-order valence-electron chi connectivity index (χ3n) is 3.14. The van der Waals surface area contributed by atoms with Gasteiger partial charge in [-0.1, -0.05) is 45.2 Å². The van der Waals surface area contributed by atoms with Gasteiger partial charge in [-0.15, -0.1) is 0 Å². The number of halogens is 3. The number of nitrogens with one attached hydrogen (secondary N) is 1. The first-order chi connectivity index (χ1) is 12.0. The van der Waals surface area contributed by atoms with E-state index in [4.69, 9.17) is 27.9 Å². The molecule has 2 rings (SSSR count). The summed E-state index contributed by atoms with van der Waals surface area (Å²) in [6, 6.07) is 12.1. The molecule has 2 aromatic rings. The van der Waals surface area contributed by atoms with E-state index in [1.54, 1.807) is 30.3 Å². The summed E-state index contributed by atoms with van der Waals surface area (Å²) < 4.78 is 6.33. The SMILES string of the molecule is CCOc1ccc(Br)cc1/C=C(\C#N)C(=O)Nc1cccc(Cl)c1Cl. The summed E-state index contributed by atoms with van der Waals surface area (Å²) in [5.41, 5.74) is 0.856. The van der Waals surface area contributed by atoms with Gasteiger partial charge in [0.25, 0.3) is 5.91 Å². The molecule has 0 aliphatic rings. The Morgan fingerprint density at radius 2 is 2.12 bits per heavy atom. The first kappa shape index (κ1) is 19.3. The Hall–Kier alpha value is -2.00. The third kappa shape index (κ3) is 4.99. The molecule has 4 nitrogen and oxygen atoms in total. The number of anilines is 1. The molecule has 2 aromatic carbocycles. The average Bonchev–Trinajstić information content (AvgIpc) is 2.59. The molecule has 0 aromatic heterocycles. The summed E-state index contributed by atoms with van der Waals surface area (Å²) in [5, 5.41) is 12.5. The second-order valence-corrected chi connectivity index (χ2v) is 6.54. The number of benzene rings is 2. The predicted molar refractivity (Wildman–Crippen MR) is 104 cm³/mol. The van der Waals surface area contributed by atoms with Crippen LogP contribution in [0.4, 0.5) is 5.69 Å². The van der Waals surface area contributed by atoms with Crippen molar-refractivity contribution >= 4 is 56.8 Å². The Morgan fingerprint density at radius 1 is 1.36 bits per heavy atom. The van der Waals surface area contributed by atoms with Gasteiger partial charge >= 0.3 is 0 Å². The highest BCUT2D eigenvalue weighted by atomic mass is 79.9. The molecule has 0 atom stereocenters. The van der Waals surface area contributed by atoms with E-state index in [0.29, 0.717) is 28.6 Å². The lowest BCUT2D eigenvalue weighted by Gasteiger charge is -2.09. The molecule has 0 bridgehead atoms. The number of nitrogens with zero attached hydrogens (tertiary/aromatic N) is 1. The number of rotatable bonds is 5. The minimum absolute atomic E-state index is 0.0879. The topological polar surface area (TPSA) is 62.1 Å². The largest absolute Gasteiger partial charge is 0.493 e. The lowest BCUT2D eigenvalue weighted by molar-refractivity contribution is -0.112. The number of ether oxygens (including phenoxy) is 1. The molecule has 0 aliphatic carbocycles. The Morgan fingerprint density at radius 3 is 2.80 bits per heavy atom. The number of carbonyl (C=O) groups is 1. The molecule has 0 heterocycles. The number of hydrogen-bond acceptors (Lipinski definition) is 3. The van der Waals surface area contributed by atoms with Gasteiger partial charge < -0.3 is 10.1 Å². The second kappa shape index (κ2) is 8.91. The molecular weight excluding hydrogens is 427 g/mol. The van der Waals surface area contributed by atoms with Crippen LogP contribution < -0.4 is 10.1 Å². The van der Waals surface area contributed by atoms with Crippen LogP contribution >= 0.6 is 39.1 Å². The Bertz CT molecular complexity index is 876. The van der Waals surface area contributed by atoms with E-state index in [2.05, 4.69) is 21.2 Å². The fourth-order valence-corrected chi connectivity index (χ4v) is 2.74. The summed E-state index contributed by atoms with van der Waals surface area (Å²) in [6.07, 6.45) is 1.46. The lowest BCUT2D eigenvalue weighted by Crippen LogP contribution is -2.14. The Balaban J connectivity index is 2.34. The molecular formula is C18H13BrCl2N2O2. The molecule has 1 N–H and O–H groups in total. The van der Waals surface area contributed by atoms with Crippen LogP contribution in [-0.4, -0.2) is 12.5 Å². The zero-order valence-corrected chi connectivity index (χ0v) is 16.2. The predicted octanol–water partition coefficient (Wildman–Crippen LogP) is 5.70. The van der Waals surface area contributed by atoms with Crippen molar-refractivity contribution in [1.82, 2.24) is 0 Å². The molecule has 0 fully saturated rings. The van der Waals surface area contributed by atoms with Crippen molar-refractivity contribution in [3.63, 3.8) is 0 Å². The van der Waals surface area contributed by atoms with Gasteiger partial charge in [0.05, 0.1) is 22.3 Å². The van der Waals surface area contributed by atoms with Crippen LogP contribution in [0.1, 0.15) is 12.5 Å². The summed E-state index contributed by atoms with van der Waals surface area (Å²) in [7, 11) is 0. The van der Waals surface area contributed by atoms with E-state index >= 15 is 0 Å². The minimum atomic E-state index is -0.589.